The maximum Gasteiger partial charge on any atom is 0.284 e. The maximum absolute atomic E-state index is 15.0. The molecule has 2 N–H and O–H groups in total. The zero-order chi connectivity index (χ0) is 31.5. The predicted molar refractivity (Wildman–Crippen MR) is 168 cm³/mol. The number of carbonyl (C=O) groups excluding carboxylic acids is 1. The van der Waals surface area contributed by atoms with E-state index in [1.165, 1.54) is 18.7 Å². The van der Waals surface area contributed by atoms with Crippen LogP contribution in [0.3, 0.4) is 0 Å². The number of hydrogen-bond donors (Lipinski definition) is 2. The van der Waals surface area contributed by atoms with E-state index >= 15 is 0 Å². The van der Waals surface area contributed by atoms with Crippen LogP contribution < -0.4 is 24.8 Å². The highest BCUT2D eigenvalue weighted by Gasteiger charge is 2.23. The van der Waals surface area contributed by atoms with Crippen LogP contribution in [0.2, 0.25) is 0 Å². The standard InChI is InChI=1S/C32H33FN8O4/c1-5-44-29-15-24-22(14-26(29)39-32(42)23(33)12-20-7-6-9-40(20)3)31(36-17-34-24)38-25-11-19(2)27(16-28(25)43-4)45-21-8-10-41-30(13-21)35-18-37-41/h8,10-18,20H,5-7,9H2,1-4H3,(H,39,42)(H,34,36,38)/b23-12+/t20-/m1/s1. The molecule has 0 radical (unpaired) electrons. The van der Waals surface area contributed by atoms with E-state index in [4.69, 9.17) is 14.2 Å². The summed E-state index contributed by atoms with van der Waals surface area (Å²) in [5.74, 6) is 0.831. The predicted octanol–water partition coefficient (Wildman–Crippen LogP) is 5.81. The summed E-state index contributed by atoms with van der Waals surface area (Å²) in [5, 5.41) is 10.7. The molecule has 1 aliphatic rings. The molecule has 1 saturated heterocycles. The van der Waals surface area contributed by atoms with Crippen LogP contribution in [-0.4, -0.2) is 68.7 Å². The molecule has 0 aliphatic carbocycles. The molecule has 45 heavy (non-hydrogen) atoms. The first-order chi connectivity index (χ1) is 21.8. The molecule has 0 unspecified atom stereocenters. The molecule has 1 fully saturated rings. The number of rotatable bonds is 10. The van der Waals surface area contributed by atoms with Gasteiger partial charge < -0.3 is 24.8 Å². The van der Waals surface area contributed by atoms with Gasteiger partial charge in [-0.2, -0.15) is 5.10 Å². The number of likely N-dealkylation sites (tertiary alicyclic amines) is 1. The summed E-state index contributed by atoms with van der Waals surface area (Å²) in [4.78, 5) is 28.0. The first kappa shape index (κ1) is 29.8. The number of amides is 1. The zero-order valence-electron chi connectivity index (χ0n) is 25.4. The molecule has 0 saturated carbocycles. The number of fused-ring (bicyclic) bond motifs is 2. The van der Waals surface area contributed by atoms with Crippen molar-refractivity contribution in [3.63, 3.8) is 0 Å². The molecule has 0 spiro atoms. The Hall–Kier alpha value is -5.30. The van der Waals surface area contributed by atoms with Crippen LogP contribution in [0.25, 0.3) is 16.6 Å². The van der Waals surface area contributed by atoms with E-state index in [0.717, 1.165) is 24.9 Å². The van der Waals surface area contributed by atoms with Gasteiger partial charge in [-0.05, 0) is 70.1 Å². The van der Waals surface area contributed by atoms with Crippen molar-refractivity contribution in [2.24, 2.45) is 0 Å². The number of anilines is 3. The number of methoxy groups -OCH3 is 1. The molecular weight excluding hydrogens is 579 g/mol. The Labute approximate surface area is 258 Å². The van der Waals surface area contributed by atoms with Gasteiger partial charge in [0.1, 0.15) is 41.5 Å². The number of benzene rings is 2. The number of halogens is 1. The molecule has 5 aromatic rings. The van der Waals surface area contributed by atoms with Gasteiger partial charge in [0.15, 0.2) is 11.5 Å². The summed E-state index contributed by atoms with van der Waals surface area (Å²) in [6.45, 7) is 4.95. The van der Waals surface area contributed by atoms with Gasteiger partial charge >= 0.3 is 0 Å². The van der Waals surface area contributed by atoms with E-state index in [1.807, 2.05) is 31.9 Å². The first-order valence-corrected chi connectivity index (χ1v) is 14.6. The highest BCUT2D eigenvalue weighted by atomic mass is 19.1. The van der Waals surface area contributed by atoms with Crippen LogP contribution >= 0.6 is 0 Å². The third kappa shape index (κ3) is 6.34. The fourth-order valence-electron chi connectivity index (χ4n) is 5.29. The second-order valence-corrected chi connectivity index (χ2v) is 10.7. The van der Waals surface area contributed by atoms with Crippen molar-refractivity contribution in [3.05, 3.63) is 72.7 Å². The molecule has 1 amide bonds. The summed E-state index contributed by atoms with van der Waals surface area (Å²) in [7, 11) is 3.48. The number of nitrogens with zero attached hydrogens (tertiary/aromatic N) is 6. The number of hydrogen-bond acceptors (Lipinski definition) is 10. The molecule has 2 aromatic carbocycles. The molecule has 1 atom stereocenters. The molecule has 13 heteroatoms. The van der Waals surface area contributed by atoms with E-state index in [1.54, 1.807) is 48.2 Å². The van der Waals surface area contributed by atoms with Crippen molar-refractivity contribution in [1.82, 2.24) is 29.5 Å². The van der Waals surface area contributed by atoms with Crippen molar-refractivity contribution in [2.45, 2.75) is 32.7 Å². The number of nitrogens with one attached hydrogen (secondary N) is 2. The minimum Gasteiger partial charge on any atom is -0.494 e. The Balaban J connectivity index is 1.29. The average Bonchev–Trinajstić information content (AvgIpc) is 3.67. The van der Waals surface area contributed by atoms with E-state index in [9.17, 15) is 9.18 Å². The quantitative estimate of drug-likeness (QED) is 0.187. The summed E-state index contributed by atoms with van der Waals surface area (Å²) >= 11 is 0. The Kier molecular flexibility index (Phi) is 8.43. The fourth-order valence-corrected chi connectivity index (χ4v) is 5.29. The topological polar surface area (TPSA) is 128 Å². The molecule has 1 aliphatic heterocycles. The Morgan fingerprint density at radius 2 is 1.96 bits per heavy atom. The Morgan fingerprint density at radius 3 is 2.73 bits per heavy atom. The normalized spacial score (nSPS) is 15.4. The van der Waals surface area contributed by atoms with E-state index < -0.39 is 11.7 Å². The van der Waals surface area contributed by atoms with Crippen molar-refractivity contribution in [1.29, 1.82) is 0 Å². The molecule has 6 rings (SSSR count). The molecule has 0 bridgehead atoms. The van der Waals surface area contributed by atoms with E-state index in [0.29, 0.717) is 63.3 Å². The minimum atomic E-state index is -0.849. The largest absolute Gasteiger partial charge is 0.494 e. The monoisotopic (exact) mass is 612 g/mol. The second-order valence-electron chi connectivity index (χ2n) is 10.7. The first-order valence-electron chi connectivity index (χ1n) is 14.6. The Morgan fingerprint density at radius 1 is 1.09 bits per heavy atom. The van der Waals surface area contributed by atoms with Gasteiger partial charge in [-0.15, -0.1) is 0 Å². The second kappa shape index (κ2) is 12.7. The van der Waals surface area contributed by atoms with Crippen molar-refractivity contribution in [2.75, 3.05) is 37.9 Å². The van der Waals surface area contributed by atoms with Crippen LogP contribution in [0, 0.1) is 6.92 Å². The lowest BCUT2D eigenvalue weighted by Gasteiger charge is -2.17. The van der Waals surface area contributed by atoms with Crippen molar-refractivity contribution < 1.29 is 23.4 Å². The number of aromatic nitrogens is 5. The summed E-state index contributed by atoms with van der Waals surface area (Å²) in [5.41, 5.74) is 2.99. The molecule has 3 aromatic heterocycles. The number of ether oxygens (including phenoxy) is 3. The van der Waals surface area contributed by atoms with Gasteiger partial charge in [-0.1, -0.05) is 0 Å². The maximum atomic E-state index is 15.0. The molecule has 12 nitrogen and oxygen atoms in total. The minimum absolute atomic E-state index is 0.115. The van der Waals surface area contributed by atoms with Crippen molar-refractivity contribution in [3.8, 4) is 23.0 Å². The van der Waals surface area contributed by atoms with E-state index in [-0.39, 0.29) is 6.04 Å². The summed E-state index contributed by atoms with van der Waals surface area (Å²) in [6, 6.07) is 10.5. The van der Waals surface area contributed by atoms with Crippen LogP contribution in [0.1, 0.15) is 25.3 Å². The third-order valence-electron chi connectivity index (χ3n) is 7.65. The SMILES string of the molecule is CCOc1cc2ncnc(Nc3cc(C)c(Oc4ccn5ncnc5c4)cc3OC)c2cc1NC(=O)/C(F)=C\[C@H]1CCCN1C. The zero-order valence-corrected chi connectivity index (χ0v) is 25.4. The lowest BCUT2D eigenvalue weighted by molar-refractivity contribution is -0.114. The summed E-state index contributed by atoms with van der Waals surface area (Å²) < 4.78 is 34.2. The van der Waals surface area contributed by atoms with Gasteiger partial charge in [0.2, 0.25) is 0 Å². The lowest BCUT2D eigenvalue weighted by Crippen LogP contribution is -2.24. The number of carbonyl (C=O) groups is 1. The lowest BCUT2D eigenvalue weighted by atomic mass is 10.1. The van der Waals surface area contributed by atoms with Crippen LogP contribution in [-0.2, 0) is 4.79 Å². The van der Waals surface area contributed by atoms with Crippen LogP contribution in [0.4, 0.5) is 21.6 Å². The number of aryl methyl sites for hydroxylation is 1. The smallest absolute Gasteiger partial charge is 0.284 e. The van der Waals surface area contributed by atoms with Gasteiger partial charge in [0.25, 0.3) is 5.91 Å². The van der Waals surface area contributed by atoms with Crippen molar-refractivity contribution >= 4 is 39.6 Å². The van der Waals surface area contributed by atoms with E-state index in [2.05, 4.69) is 30.7 Å². The Bertz CT molecular complexity index is 1910. The molecule has 4 heterocycles. The van der Waals surface area contributed by atoms with Crippen LogP contribution in [0.15, 0.2) is 67.2 Å². The molecular formula is C32H33FN8O4. The highest BCUT2D eigenvalue weighted by Crippen LogP contribution is 2.39. The summed E-state index contributed by atoms with van der Waals surface area (Å²) in [6.07, 6.45) is 7.81. The number of pyridine rings is 1. The van der Waals surface area contributed by atoms with Gasteiger partial charge in [0, 0.05) is 35.8 Å². The highest BCUT2D eigenvalue weighted by molar-refractivity contribution is 6.05. The third-order valence-corrected chi connectivity index (χ3v) is 7.65. The average molecular weight is 613 g/mol. The van der Waals surface area contributed by atoms with Gasteiger partial charge in [-0.25, -0.2) is 23.9 Å². The fraction of sp³-hybridized carbons (Fsp3) is 0.281. The van der Waals surface area contributed by atoms with Crippen LogP contribution in [0.5, 0.6) is 23.0 Å². The molecule has 232 valence electrons. The van der Waals surface area contributed by atoms with Gasteiger partial charge in [-0.3, -0.25) is 9.69 Å². The number of likely N-dealkylation sites (N-methyl/N-ethyl adjacent to an activating group) is 1. The van der Waals surface area contributed by atoms with Gasteiger partial charge in [0.05, 0.1) is 30.6 Å².